The molecule has 1 aliphatic heterocycles. The minimum absolute atomic E-state index is 0.0587. The highest BCUT2D eigenvalue weighted by molar-refractivity contribution is 7.89. The Morgan fingerprint density at radius 2 is 1.59 bits per heavy atom. The van der Waals surface area contributed by atoms with Crippen LogP contribution >= 0.6 is 0 Å². The van der Waals surface area contributed by atoms with Crippen LogP contribution in [-0.4, -0.2) is 81.7 Å². The van der Waals surface area contributed by atoms with E-state index in [9.17, 15) is 18.0 Å². The van der Waals surface area contributed by atoms with Gasteiger partial charge in [-0.2, -0.15) is 4.31 Å². The molecule has 1 N–H and O–H groups in total. The number of likely N-dealkylation sites (N-methyl/N-ethyl adjacent to an activating group) is 2. The van der Waals surface area contributed by atoms with Gasteiger partial charge in [0.15, 0.2) is 0 Å². The molecule has 0 bridgehead atoms. The topological polar surface area (TPSA) is 90.0 Å². The number of anilines is 1. The minimum Gasteiger partial charge on any atom is -0.348 e. The summed E-state index contributed by atoms with van der Waals surface area (Å²) in [5.74, 6) is 0.316. The Hall–Kier alpha value is -1.97. The Balaban J connectivity index is 1.97. The number of carbonyl (C=O) groups excluding carboxylic acids is 2. The van der Waals surface area contributed by atoms with E-state index in [-0.39, 0.29) is 29.8 Å². The standard InChI is InChI=1S/C20H32N4O4S/c1-15-10-16(2)12-24(11-15)29(27,28)18-8-6-17(7-9-18)21-19(25)13-23(5)14-20(26)22(3)4/h6-9,15-16H,10-14H2,1-5H3,(H,21,25)/t15-,16+. The maximum Gasteiger partial charge on any atom is 0.243 e. The first-order valence-corrected chi connectivity index (χ1v) is 11.2. The summed E-state index contributed by atoms with van der Waals surface area (Å²) >= 11 is 0. The van der Waals surface area contributed by atoms with E-state index in [1.165, 1.54) is 17.0 Å². The van der Waals surface area contributed by atoms with Crippen molar-refractivity contribution in [2.75, 3.05) is 52.6 Å². The Morgan fingerprint density at radius 3 is 2.10 bits per heavy atom. The van der Waals surface area contributed by atoms with Crippen molar-refractivity contribution >= 4 is 27.5 Å². The molecule has 0 unspecified atom stereocenters. The van der Waals surface area contributed by atoms with E-state index < -0.39 is 10.0 Å². The summed E-state index contributed by atoms with van der Waals surface area (Å²) in [4.78, 5) is 27.2. The van der Waals surface area contributed by atoms with E-state index >= 15 is 0 Å². The van der Waals surface area contributed by atoms with Crippen molar-refractivity contribution in [2.24, 2.45) is 11.8 Å². The molecular weight excluding hydrogens is 392 g/mol. The summed E-state index contributed by atoms with van der Waals surface area (Å²) in [7, 11) is 1.48. The predicted molar refractivity (Wildman–Crippen MR) is 113 cm³/mol. The molecule has 1 fully saturated rings. The van der Waals surface area contributed by atoms with Crippen molar-refractivity contribution in [2.45, 2.75) is 25.2 Å². The summed E-state index contributed by atoms with van der Waals surface area (Å²) in [5, 5.41) is 2.73. The van der Waals surface area contributed by atoms with E-state index in [2.05, 4.69) is 19.2 Å². The van der Waals surface area contributed by atoms with Gasteiger partial charge in [-0.1, -0.05) is 13.8 Å². The lowest BCUT2D eigenvalue weighted by Crippen LogP contribution is -2.42. The summed E-state index contributed by atoms with van der Waals surface area (Å²) in [6.45, 7) is 5.40. The van der Waals surface area contributed by atoms with E-state index in [1.807, 2.05) is 0 Å². The van der Waals surface area contributed by atoms with Crippen LogP contribution in [0.1, 0.15) is 20.3 Å². The van der Waals surface area contributed by atoms with Gasteiger partial charge in [-0.25, -0.2) is 8.42 Å². The summed E-state index contributed by atoms with van der Waals surface area (Å²) < 4.78 is 27.4. The van der Waals surface area contributed by atoms with Gasteiger partial charge in [-0.15, -0.1) is 0 Å². The molecule has 0 saturated carbocycles. The van der Waals surface area contributed by atoms with Gasteiger partial charge in [0.05, 0.1) is 18.0 Å². The van der Waals surface area contributed by atoms with Crippen LogP contribution in [-0.2, 0) is 19.6 Å². The Bertz CT molecular complexity index is 813. The fourth-order valence-electron chi connectivity index (χ4n) is 3.54. The fraction of sp³-hybridized carbons (Fsp3) is 0.600. The number of rotatable bonds is 7. The molecule has 1 saturated heterocycles. The lowest BCUT2D eigenvalue weighted by atomic mass is 9.94. The van der Waals surface area contributed by atoms with Crippen LogP contribution in [0.3, 0.4) is 0 Å². The zero-order valence-corrected chi connectivity index (χ0v) is 18.7. The van der Waals surface area contributed by atoms with Crippen molar-refractivity contribution < 1.29 is 18.0 Å². The van der Waals surface area contributed by atoms with Gasteiger partial charge in [-0.05, 0) is 49.6 Å². The van der Waals surface area contributed by atoms with Gasteiger partial charge < -0.3 is 10.2 Å². The number of amides is 2. The van der Waals surface area contributed by atoms with Crippen molar-refractivity contribution in [3.05, 3.63) is 24.3 Å². The van der Waals surface area contributed by atoms with Gasteiger partial charge in [0.25, 0.3) is 0 Å². The minimum atomic E-state index is -3.54. The van der Waals surface area contributed by atoms with E-state index in [1.54, 1.807) is 42.5 Å². The number of nitrogens with zero attached hydrogens (tertiary/aromatic N) is 3. The zero-order chi connectivity index (χ0) is 21.8. The molecule has 1 aliphatic rings. The van der Waals surface area contributed by atoms with Crippen molar-refractivity contribution in [3.63, 3.8) is 0 Å². The molecule has 9 heteroatoms. The lowest BCUT2D eigenvalue weighted by Gasteiger charge is -2.34. The van der Waals surface area contributed by atoms with Crippen molar-refractivity contribution in [1.82, 2.24) is 14.1 Å². The van der Waals surface area contributed by atoms with Crippen LogP contribution < -0.4 is 5.32 Å². The molecule has 0 radical (unpaired) electrons. The molecule has 0 aliphatic carbocycles. The van der Waals surface area contributed by atoms with Crippen molar-refractivity contribution in [1.29, 1.82) is 0 Å². The molecular formula is C20H32N4O4S. The smallest absolute Gasteiger partial charge is 0.243 e. The molecule has 2 amide bonds. The predicted octanol–water partition coefficient (Wildman–Crippen LogP) is 1.31. The Labute approximate surface area is 173 Å². The van der Waals surface area contributed by atoms with Gasteiger partial charge >= 0.3 is 0 Å². The Kier molecular flexibility index (Phi) is 7.79. The largest absolute Gasteiger partial charge is 0.348 e. The molecule has 0 spiro atoms. The highest BCUT2D eigenvalue weighted by atomic mass is 32.2. The molecule has 2 atom stereocenters. The van der Waals surface area contributed by atoms with Crippen LogP contribution in [0.15, 0.2) is 29.2 Å². The summed E-state index contributed by atoms with van der Waals surface area (Å²) in [5.41, 5.74) is 0.515. The van der Waals surface area contributed by atoms with E-state index in [0.29, 0.717) is 30.6 Å². The molecule has 2 rings (SSSR count). The van der Waals surface area contributed by atoms with Crippen LogP contribution in [0.2, 0.25) is 0 Å². The van der Waals surface area contributed by atoms with Crippen LogP contribution in [0.5, 0.6) is 0 Å². The number of carbonyl (C=O) groups is 2. The second-order valence-electron chi connectivity index (χ2n) is 8.30. The molecule has 1 aromatic carbocycles. The lowest BCUT2D eigenvalue weighted by molar-refractivity contribution is -0.130. The average Bonchev–Trinajstić information content (AvgIpc) is 2.60. The van der Waals surface area contributed by atoms with E-state index in [4.69, 9.17) is 0 Å². The third-order valence-corrected chi connectivity index (χ3v) is 6.77. The SMILES string of the molecule is C[C@@H]1C[C@H](C)CN(S(=O)(=O)c2ccc(NC(=O)CN(C)CC(=O)N(C)C)cc2)C1. The van der Waals surface area contributed by atoms with Gasteiger partial charge in [0.1, 0.15) is 0 Å². The highest BCUT2D eigenvalue weighted by Crippen LogP contribution is 2.27. The number of hydrogen-bond donors (Lipinski definition) is 1. The quantitative estimate of drug-likeness (QED) is 0.713. The fourth-order valence-corrected chi connectivity index (χ4v) is 5.21. The first-order valence-electron chi connectivity index (χ1n) is 9.77. The highest BCUT2D eigenvalue weighted by Gasteiger charge is 2.31. The number of hydrogen-bond acceptors (Lipinski definition) is 5. The average molecular weight is 425 g/mol. The normalized spacial score (nSPS) is 20.5. The van der Waals surface area contributed by atoms with Gasteiger partial charge in [0.2, 0.25) is 21.8 Å². The van der Waals surface area contributed by atoms with Gasteiger partial charge in [0, 0.05) is 32.9 Å². The second-order valence-corrected chi connectivity index (χ2v) is 10.2. The monoisotopic (exact) mass is 424 g/mol. The third-order valence-electron chi connectivity index (χ3n) is 4.93. The van der Waals surface area contributed by atoms with Crippen molar-refractivity contribution in [3.8, 4) is 0 Å². The summed E-state index contributed by atoms with van der Waals surface area (Å²) in [6.07, 6.45) is 1.03. The molecule has 1 aromatic rings. The summed E-state index contributed by atoms with van der Waals surface area (Å²) in [6, 6.07) is 6.22. The molecule has 8 nitrogen and oxygen atoms in total. The first-order chi connectivity index (χ1) is 13.5. The van der Waals surface area contributed by atoms with Gasteiger partial charge in [-0.3, -0.25) is 14.5 Å². The first kappa shape index (κ1) is 23.3. The molecule has 0 aromatic heterocycles. The number of benzene rings is 1. The molecule has 162 valence electrons. The third kappa shape index (κ3) is 6.52. The van der Waals surface area contributed by atoms with Crippen LogP contribution in [0.4, 0.5) is 5.69 Å². The van der Waals surface area contributed by atoms with Crippen LogP contribution in [0.25, 0.3) is 0 Å². The number of sulfonamides is 1. The van der Waals surface area contributed by atoms with Crippen LogP contribution in [0, 0.1) is 11.8 Å². The molecule has 29 heavy (non-hydrogen) atoms. The maximum atomic E-state index is 12.9. The van der Waals surface area contributed by atoms with E-state index in [0.717, 1.165) is 6.42 Å². The number of piperidine rings is 1. The number of nitrogens with one attached hydrogen (secondary N) is 1. The Morgan fingerprint density at radius 1 is 1.03 bits per heavy atom. The molecule has 1 heterocycles. The zero-order valence-electron chi connectivity index (χ0n) is 17.9. The maximum absolute atomic E-state index is 12.9. The second kappa shape index (κ2) is 9.69.